The van der Waals surface area contributed by atoms with E-state index in [9.17, 15) is 0 Å². The van der Waals surface area contributed by atoms with Gasteiger partial charge in [-0.25, -0.2) is 0 Å². The largest absolute Gasteiger partial charge is 0.0619 e. The van der Waals surface area contributed by atoms with Gasteiger partial charge in [0.1, 0.15) is 0 Å². The summed E-state index contributed by atoms with van der Waals surface area (Å²) in [6.45, 7) is 9.28. The van der Waals surface area contributed by atoms with E-state index in [0.717, 1.165) is 0 Å². The Morgan fingerprint density at radius 1 is 0.500 bits per heavy atom. The van der Waals surface area contributed by atoms with E-state index in [-0.39, 0.29) is 11.8 Å². The molecule has 2 atom stereocenters. The van der Waals surface area contributed by atoms with Crippen LogP contribution in [0.2, 0.25) is 0 Å². The summed E-state index contributed by atoms with van der Waals surface area (Å²) >= 11 is 7.83. The lowest BCUT2D eigenvalue weighted by Crippen LogP contribution is -2.31. The predicted molar refractivity (Wildman–Crippen MR) is 151 cm³/mol. The summed E-state index contributed by atoms with van der Waals surface area (Å²) in [5, 5.41) is 5.43. The third-order valence-corrected chi connectivity index (χ3v) is 11.0. The van der Waals surface area contributed by atoms with Gasteiger partial charge in [-0.3, -0.25) is 0 Å². The second kappa shape index (κ2) is 7.06. The summed E-state index contributed by atoms with van der Waals surface area (Å²) in [7, 11) is 0. The Hall–Kier alpha value is -2.42. The lowest BCUT2D eigenvalue weighted by atomic mass is 9.57. The van der Waals surface area contributed by atoms with Crippen molar-refractivity contribution in [3.8, 4) is 0 Å². The molecule has 5 aromatic carbocycles. The van der Waals surface area contributed by atoms with Gasteiger partial charge in [-0.1, -0.05) is 48.5 Å². The van der Waals surface area contributed by atoms with Crippen molar-refractivity contribution in [2.45, 2.75) is 39.5 Å². The van der Waals surface area contributed by atoms with Crippen LogP contribution in [0.5, 0.6) is 0 Å². The Bertz CT molecular complexity index is 1600. The highest BCUT2D eigenvalue weighted by Gasteiger charge is 2.45. The van der Waals surface area contributed by atoms with Gasteiger partial charge in [0.2, 0.25) is 0 Å². The first kappa shape index (κ1) is 20.9. The monoisotopic (exact) mass is 566 g/mol. The number of halogens is 2. The molecule has 0 aromatic heterocycles. The van der Waals surface area contributed by atoms with Crippen LogP contribution in [-0.4, -0.2) is 0 Å². The fourth-order valence-corrected chi connectivity index (χ4v) is 7.98. The third kappa shape index (κ3) is 2.44. The molecule has 0 aliphatic heterocycles. The van der Waals surface area contributed by atoms with Gasteiger partial charge in [0.15, 0.2) is 0 Å². The van der Waals surface area contributed by atoms with Crippen molar-refractivity contribution < 1.29 is 0 Å². The molecule has 0 saturated carbocycles. The first-order chi connectivity index (χ1) is 16.4. The average Bonchev–Trinajstić information content (AvgIpc) is 2.87. The van der Waals surface area contributed by atoms with Crippen LogP contribution in [0, 0.1) is 27.7 Å². The zero-order valence-electron chi connectivity index (χ0n) is 19.7. The summed E-state index contributed by atoms with van der Waals surface area (Å²) in [4.78, 5) is 0. The van der Waals surface area contributed by atoms with Crippen LogP contribution in [0.4, 0.5) is 0 Å². The molecule has 3 aliphatic carbocycles. The van der Waals surface area contributed by atoms with Crippen LogP contribution in [0.15, 0.2) is 69.6 Å². The van der Waals surface area contributed by atoms with E-state index in [1.807, 2.05) is 0 Å². The summed E-state index contributed by atoms with van der Waals surface area (Å²) in [6, 6.07) is 22.7. The molecule has 0 spiro atoms. The molecule has 0 N–H and O–H groups in total. The van der Waals surface area contributed by atoms with Crippen LogP contribution < -0.4 is 0 Å². The molecule has 8 rings (SSSR count). The van der Waals surface area contributed by atoms with Crippen LogP contribution in [0.25, 0.3) is 21.5 Å². The van der Waals surface area contributed by atoms with E-state index in [1.54, 1.807) is 0 Å². The molecule has 0 radical (unpaired) electrons. The van der Waals surface area contributed by atoms with Crippen molar-refractivity contribution in [2.75, 3.05) is 0 Å². The fraction of sp³-hybridized carbons (Fsp3) is 0.188. The Morgan fingerprint density at radius 3 is 1.26 bits per heavy atom. The van der Waals surface area contributed by atoms with Crippen LogP contribution in [-0.2, 0) is 0 Å². The number of hydrogen-bond acceptors (Lipinski definition) is 0. The van der Waals surface area contributed by atoms with Gasteiger partial charge in [0, 0.05) is 20.8 Å². The first-order valence-corrected chi connectivity index (χ1v) is 13.5. The van der Waals surface area contributed by atoms with Gasteiger partial charge in [-0.05, 0) is 149 Å². The van der Waals surface area contributed by atoms with Gasteiger partial charge in [0.25, 0.3) is 0 Å². The minimum absolute atomic E-state index is 0.267. The van der Waals surface area contributed by atoms with Crippen molar-refractivity contribution >= 4 is 53.4 Å². The van der Waals surface area contributed by atoms with Crippen molar-refractivity contribution in [3.63, 3.8) is 0 Å². The smallest absolute Gasteiger partial charge is 0.0355 e. The Balaban J connectivity index is 1.69. The highest BCUT2D eigenvalue weighted by atomic mass is 79.9. The molecule has 0 heterocycles. The minimum atomic E-state index is 0.267. The highest BCUT2D eigenvalue weighted by Crippen LogP contribution is 2.61. The molecule has 2 heteroatoms. The second-order valence-electron chi connectivity index (χ2n) is 10.0. The SMILES string of the molecule is Cc1c(Br)c(Br)c(C)c2c1C1c3ccccc3C2c2c1c(C)c1cc3ccccc3cc1c2C. The van der Waals surface area contributed by atoms with Gasteiger partial charge in [-0.15, -0.1) is 0 Å². The third-order valence-electron chi connectivity index (χ3n) is 8.51. The van der Waals surface area contributed by atoms with Crippen LogP contribution in [0.1, 0.15) is 67.5 Å². The lowest BCUT2D eigenvalue weighted by Gasteiger charge is -2.46. The van der Waals surface area contributed by atoms with E-state index in [0.29, 0.717) is 0 Å². The molecule has 3 aliphatic rings. The minimum Gasteiger partial charge on any atom is -0.0619 e. The second-order valence-corrected chi connectivity index (χ2v) is 11.6. The van der Waals surface area contributed by atoms with Gasteiger partial charge >= 0.3 is 0 Å². The number of benzene rings is 5. The summed E-state index contributed by atoms with van der Waals surface area (Å²) in [5.41, 5.74) is 14.6. The van der Waals surface area contributed by atoms with Gasteiger partial charge in [-0.2, -0.15) is 0 Å². The lowest BCUT2D eigenvalue weighted by molar-refractivity contribution is 0.733. The zero-order valence-corrected chi connectivity index (χ0v) is 22.9. The molecule has 34 heavy (non-hydrogen) atoms. The molecule has 166 valence electrons. The Labute approximate surface area is 217 Å². The maximum absolute atomic E-state index is 3.91. The normalized spacial score (nSPS) is 17.7. The molecule has 2 bridgehead atoms. The van der Waals surface area contributed by atoms with E-state index >= 15 is 0 Å². The maximum Gasteiger partial charge on any atom is 0.0355 e. The maximum atomic E-state index is 3.91. The molecule has 5 aromatic rings. The molecular weight excluding hydrogens is 544 g/mol. The number of rotatable bonds is 0. The molecule has 0 amide bonds. The fourth-order valence-electron chi connectivity index (χ4n) is 6.96. The standard InChI is InChI=1S/C32H24Br2/c1-15-23-13-19-9-5-6-10-20(19)14-24(23)16(2)26-25(15)29-21-11-7-8-12-22(21)30(26)28-18(4)32(34)31(33)17(3)27(28)29/h5-14,29-30H,1-4H3. The molecular formula is C32H24Br2. The summed E-state index contributed by atoms with van der Waals surface area (Å²) in [5.74, 6) is 0.535. The van der Waals surface area contributed by atoms with Crippen molar-refractivity contribution in [2.24, 2.45) is 0 Å². The Kier molecular flexibility index (Phi) is 4.34. The van der Waals surface area contributed by atoms with Crippen molar-refractivity contribution in [1.82, 2.24) is 0 Å². The zero-order chi connectivity index (χ0) is 23.5. The van der Waals surface area contributed by atoms with Crippen molar-refractivity contribution in [3.05, 3.63) is 125 Å². The molecule has 0 saturated heterocycles. The van der Waals surface area contributed by atoms with E-state index in [2.05, 4.69) is 120 Å². The van der Waals surface area contributed by atoms with Crippen molar-refractivity contribution in [1.29, 1.82) is 0 Å². The van der Waals surface area contributed by atoms with E-state index in [1.165, 1.54) is 86.1 Å². The van der Waals surface area contributed by atoms with E-state index in [4.69, 9.17) is 0 Å². The number of fused-ring (bicyclic) bond motifs is 2. The highest BCUT2D eigenvalue weighted by molar-refractivity contribution is 9.13. The molecule has 2 unspecified atom stereocenters. The van der Waals surface area contributed by atoms with Gasteiger partial charge < -0.3 is 0 Å². The first-order valence-electron chi connectivity index (χ1n) is 11.9. The summed E-state index contributed by atoms with van der Waals surface area (Å²) < 4.78 is 2.38. The molecule has 0 nitrogen and oxygen atoms in total. The van der Waals surface area contributed by atoms with Crippen LogP contribution >= 0.6 is 31.9 Å². The predicted octanol–water partition coefficient (Wildman–Crippen LogP) is 9.74. The Morgan fingerprint density at radius 2 is 0.853 bits per heavy atom. The number of hydrogen-bond donors (Lipinski definition) is 0. The van der Waals surface area contributed by atoms with Gasteiger partial charge in [0.05, 0.1) is 0 Å². The topological polar surface area (TPSA) is 0 Å². The summed E-state index contributed by atoms with van der Waals surface area (Å²) in [6.07, 6.45) is 0. The van der Waals surface area contributed by atoms with E-state index < -0.39 is 0 Å². The average molecular weight is 568 g/mol. The quantitative estimate of drug-likeness (QED) is 0.160. The van der Waals surface area contributed by atoms with Crippen LogP contribution in [0.3, 0.4) is 0 Å². The molecule has 0 fully saturated rings. The number of aryl methyl sites for hydroxylation is 2.